The number of amides is 1. The van der Waals surface area contributed by atoms with Gasteiger partial charge in [0.2, 0.25) is 0 Å². The summed E-state index contributed by atoms with van der Waals surface area (Å²) in [5, 5.41) is 8.89. The molecule has 1 saturated heterocycles. The van der Waals surface area contributed by atoms with E-state index in [0.29, 0.717) is 24.9 Å². The fraction of sp³-hybridized carbons (Fsp3) is 0.412. The lowest BCUT2D eigenvalue weighted by Gasteiger charge is -2.40. The normalized spacial score (nSPS) is 19.5. The molecule has 5 rings (SSSR count). The molecule has 0 bridgehead atoms. The predicted octanol–water partition coefficient (Wildman–Crippen LogP) is 7.48. The third-order valence-electron chi connectivity index (χ3n) is 8.03. The molecule has 7 nitrogen and oxygen atoms in total. The maximum Gasteiger partial charge on any atom is 0.410 e. The molecule has 1 amide bonds. The molecule has 0 radical (unpaired) electrons. The van der Waals surface area contributed by atoms with Crippen molar-refractivity contribution in [2.24, 2.45) is 0 Å². The van der Waals surface area contributed by atoms with Crippen molar-refractivity contribution in [1.29, 1.82) is 0 Å². The second-order valence-electron chi connectivity index (χ2n) is 12.0. The molecule has 44 heavy (non-hydrogen) atoms. The van der Waals surface area contributed by atoms with E-state index in [2.05, 4.69) is 0 Å². The van der Waals surface area contributed by atoms with Gasteiger partial charge >= 0.3 is 6.09 Å². The highest BCUT2D eigenvalue weighted by Crippen LogP contribution is 2.53. The van der Waals surface area contributed by atoms with E-state index in [1.807, 2.05) is 30.3 Å². The topological polar surface area (TPSA) is 85.3 Å². The molecule has 1 N–H and O–H groups in total. The minimum absolute atomic E-state index is 0.00923. The van der Waals surface area contributed by atoms with Crippen molar-refractivity contribution < 1.29 is 37.7 Å². The van der Waals surface area contributed by atoms with Crippen LogP contribution < -0.4 is 9.47 Å². The van der Waals surface area contributed by atoms with Crippen LogP contribution in [0.5, 0.6) is 11.5 Å². The Balaban J connectivity index is 1.72. The molecule has 0 aromatic heterocycles. The Bertz CT molecular complexity index is 1570. The molecule has 3 aromatic rings. The Morgan fingerprint density at radius 2 is 1.86 bits per heavy atom. The number of aliphatic hydroxyl groups is 1. The fourth-order valence-electron chi connectivity index (χ4n) is 6.20. The second-order valence-corrected chi connectivity index (χ2v) is 12.4. The Morgan fingerprint density at radius 1 is 1.14 bits per heavy atom. The SMILES string of the molecule is CCC(=O)c1ccc(OCCO)c(F)c1-c1c(Cl)c(F)cc2c1C[C@](c1ccccc1)([C@@H]1CCCN1C(=O)OC(C)(C)C)O2. The summed E-state index contributed by atoms with van der Waals surface area (Å²) in [4.78, 5) is 28.2. The van der Waals surface area contributed by atoms with Crippen molar-refractivity contribution in [1.82, 2.24) is 4.90 Å². The molecule has 2 aliphatic rings. The van der Waals surface area contributed by atoms with Crippen LogP contribution in [-0.4, -0.2) is 53.3 Å². The van der Waals surface area contributed by atoms with Gasteiger partial charge in [-0.1, -0.05) is 48.9 Å². The van der Waals surface area contributed by atoms with Crippen molar-refractivity contribution in [2.45, 2.75) is 70.6 Å². The molecular weight excluding hydrogens is 592 g/mol. The summed E-state index contributed by atoms with van der Waals surface area (Å²) in [5.41, 5.74) is -0.968. The van der Waals surface area contributed by atoms with Gasteiger partial charge in [-0.15, -0.1) is 0 Å². The highest BCUT2D eigenvalue weighted by molar-refractivity contribution is 6.34. The smallest absolute Gasteiger partial charge is 0.410 e. The number of fused-ring (bicyclic) bond motifs is 1. The number of carbonyl (C=O) groups excluding carboxylic acids is 2. The Kier molecular flexibility index (Phi) is 8.92. The van der Waals surface area contributed by atoms with Crippen LogP contribution in [0.25, 0.3) is 11.1 Å². The lowest BCUT2D eigenvalue weighted by Crippen LogP contribution is -2.53. The first-order valence-corrected chi connectivity index (χ1v) is 15.1. The van der Waals surface area contributed by atoms with Crippen LogP contribution in [0.15, 0.2) is 48.5 Å². The molecule has 0 spiro atoms. The number of aliphatic hydroxyl groups excluding tert-OH is 1. The summed E-state index contributed by atoms with van der Waals surface area (Å²) in [6.45, 7) is 6.92. The Labute approximate surface area is 260 Å². The summed E-state index contributed by atoms with van der Waals surface area (Å²) in [6, 6.07) is 12.7. The van der Waals surface area contributed by atoms with Gasteiger partial charge in [-0.05, 0) is 51.3 Å². The summed E-state index contributed by atoms with van der Waals surface area (Å²) >= 11 is 6.64. The summed E-state index contributed by atoms with van der Waals surface area (Å²) in [5.74, 6) is -2.20. The minimum atomic E-state index is -1.20. The lowest BCUT2D eigenvalue weighted by molar-refractivity contribution is -0.0216. The van der Waals surface area contributed by atoms with Gasteiger partial charge in [0.05, 0.1) is 17.7 Å². The standard InChI is InChI=1S/C34H36ClF2NO6/c1-5-24(40)21-13-14-25(42-17-16-39)31(37)29(21)28-22-19-34(20-10-7-6-8-11-20,43-26(22)18-23(36)30(28)35)27-12-9-15-38(27)32(41)44-33(2,3)4/h6-8,10-11,13-14,18,27,39H,5,9,12,15-17,19H2,1-4H3/t27-,34-/m0/s1. The monoisotopic (exact) mass is 627 g/mol. The molecule has 3 aromatic carbocycles. The lowest BCUT2D eigenvalue weighted by atomic mass is 9.79. The van der Waals surface area contributed by atoms with Crippen LogP contribution in [0.2, 0.25) is 5.02 Å². The first-order valence-electron chi connectivity index (χ1n) is 14.8. The molecule has 0 aliphatic carbocycles. The van der Waals surface area contributed by atoms with Gasteiger partial charge in [-0.3, -0.25) is 4.79 Å². The van der Waals surface area contributed by atoms with Gasteiger partial charge in [-0.2, -0.15) is 0 Å². The van der Waals surface area contributed by atoms with Crippen LogP contribution >= 0.6 is 11.6 Å². The highest BCUT2D eigenvalue weighted by Gasteiger charge is 2.54. The fourth-order valence-corrected chi connectivity index (χ4v) is 6.47. The summed E-state index contributed by atoms with van der Waals surface area (Å²) in [7, 11) is 0. The summed E-state index contributed by atoms with van der Waals surface area (Å²) < 4.78 is 49.8. The molecule has 0 saturated carbocycles. The summed E-state index contributed by atoms with van der Waals surface area (Å²) in [6.07, 6.45) is 0.942. The van der Waals surface area contributed by atoms with Crippen molar-refractivity contribution in [3.63, 3.8) is 0 Å². The number of likely N-dealkylation sites (tertiary alicyclic amines) is 1. The number of benzene rings is 3. The number of carbonyl (C=O) groups is 2. The van der Waals surface area contributed by atoms with Crippen LogP contribution in [-0.2, 0) is 16.8 Å². The van der Waals surface area contributed by atoms with Crippen molar-refractivity contribution in [2.75, 3.05) is 19.8 Å². The number of ketones is 1. The molecular formula is C34H36ClF2NO6. The van der Waals surface area contributed by atoms with E-state index < -0.39 is 35.0 Å². The van der Waals surface area contributed by atoms with E-state index >= 15 is 8.78 Å². The van der Waals surface area contributed by atoms with Gasteiger partial charge in [0.15, 0.2) is 23.0 Å². The van der Waals surface area contributed by atoms with Crippen molar-refractivity contribution >= 4 is 23.5 Å². The van der Waals surface area contributed by atoms with E-state index in [-0.39, 0.29) is 65.1 Å². The Morgan fingerprint density at radius 3 is 2.52 bits per heavy atom. The quantitative estimate of drug-likeness (QED) is 0.261. The number of halogens is 3. The first-order chi connectivity index (χ1) is 20.9. The van der Waals surface area contributed by atoms with Crippen LogP contribution in [0.3, 0.4) is 0 Å². The molecule has 234 valence electrons. The predicted molar refractivity (Wildman–Crippen MR) is 162 cm³/mol. The first kappa shape index (κ1) is 31.7. The maximum absolute atomic E-state index is 16.3. The number of hydrogen-bond acceptors (Lipinski definition) is 6. The molecule has 2 aliphatic heterocycles. The van der Waals surface area contributed by atoms with E-state index in [4.69, 9.17) is 25.8 Å². The van der Waals surface area contributed by atoms with Crippen molar-refractivity contribution in [3.05, 3.63) is 81.9 Å². The number of Topliss-reactive ketones (excluding diaryl/α,β-unsaturated/α-hetero) is 1. The van der Waals surface area contributed by atoms with E-state index in [9.17, 15) is 14.7 Å². The number of rotatable bonds is 8. The van der Waals surface area contributed by atoms with E-state index in [1.165, 1.54) is 18.2 Å². The number of ether oxygens (including phenoxy) is 3. The third kappa shape index (κ3) is 5.75. The zero-order valence-corrected chi connectivity index (χ0v) is 26.0. The molecule has 1 fully saturated rings. The van der Waals surface area contributed by atoms with Gasteiger partial charge < -0.3 is 24.2 Å². The zero-order valence-electron chi connectivity index (χ0n) is 25.2. The zero-order chi connectivity index (χ0) is 31.8. The van der Waals surface area contributed by atoms with Crippen LogP contribution in [0.1, 0.15) is 68.4 Å². The Hall–Kier alpha value is -3.69. The van der Waals surface area contributed by atoms with E-state index in [0.717, 1.165) is 5.56 Å². The maximum atomic E-state index is 16.3. The highest BCUT2D eigenvalue weighted by atomic mass is 35.5. The van der Waals surface area contributed by atoms with Crippen molar-refractivity contribution in [3.8, 4) is 22.6 Å². The number of nitrogens with zero attached hydrogens (tertiary/aromatic N) is 1. The van der Waals surface area contributed by atoms with Crippen LogP contribution in [0, 0.1) is 11.6 Å². The molecule has 2 heterocycles. The van der Waals surface area contributed by atoms with Gasteiger partial charge in [0.1, 0.15) is 23.8 Å². The van der Waals surface area contributed by atoms with Gasteiger partial charge in [0.25, 0.3) is 0 Å². The third-order valence-corrected chi connectivity index (χ3v) is 8.40. The van der Waals surface area contributed by atoms with Gasteiger partial charge in [0, 0.05) is 47.7 Å². The molecule has 10 heteroatoms. The molecule has 0 unspecified atom stereocenters. The molecule has 2 atom stereocenters. The van der Waals surface area contributed by atoms with Gasteiger partial charge in [-0.25, -0.2) is 13.6 Å². The van der Waals surface area contributed by atoms with E-state index in [1.54, 1.807) is 32.6 Å². The minimum Gasteiger partial charge on any atom is -0.488 e. The average molecular weight is 628 g/mol. The second kappa shape index (κ2) is 12.4. The van der Waals surface area contributed by atoms with Crippen LogP contribution in [0.4, 0.5) is 13.6 Å². The number of hydrogen-bond donors (Lipinski definition) is 1. The average Bonchev–Trinajstić information content (AvgIpc) is 3.63. The largest absolute Gasteiger partial charge is 0.488 e.